The molecular weight excluding hydrogens is 354 g/mol. The number of hydrogen-bond acceptors (Lipinski definition) is 7. The number of fused-ring (bicyclic) bond motifs is 1. The highest BCUT2D eigenvalue weighted by Gasteiger charge is 2.10. The van der Waals surface area contributed by atoms with Crippen LogP contribution in [-0.2, 0) is 22.6 Å². The smallest absolute Gasteiger partial charge is 0.309 e. The second kappa shape index (κ2) is 8.09. The van der Waals surface area contributed by atoms with Crippen LogP contribution in [0.4, 0.5) is 0 Å². The summed E-state index contributed by atoms with van der Waals surface area (Å²) in [4.78, 5) is 28.7. The Hall–Kier alpha value is -2.74. The first-order valence-electron chi connectivity index (χ1n) is 8.29. The lowest BCUT2D eigenvalue weighted by molar-refractivity contribution is -0.145. The molecule has 2 heterocycles. The van der Waals surface area contributed by atoms with Gasteiger partial charge in [0.2, 0.25) is 4.96 Å². The molecule has 0 aliphatic carbocycles. The maximum Gasteiger partial charge on any atom is 0.309 e. The minimum absolute atomic E-state index is 0.0472. The number of hydrogen-bond donors (Lipinski definition) is 0. The van der Waals surface area contributed by atoms with E-state index < -0.39 is 5.97 Å². The third-order valence-corrected chi connectivity index (χ3v) is 4.67. The van der Waals surface area contributed by atoms with E-state index in [1.54, 1.807) is 0 Å². The van der Waals surface area contributed by atoms with Gasteiger partial charge in [-0.15, -0.1) is 0 Å². The second-order valence-electron chi connectivity index (χ2n) is 5.70. The van der Waals surface area contributed by atoms with Gasteiger partial charge in [-0.05, 0) is 25.5 Å². The highest BCUT2D eigenvalue weighted by atomic mass is 32.1. The molecule has 8 heteroatoms. The number of carbonyl (C=O) groups excluding carboxylic acids is 1. The Balaban J connectivity index is 1.51. The summed E-state index contributed by atoms with van der Waals surface area (Å²) in [7, 11) is 0. The predicted molar refractivity (Wildman–Crippen MR) is 97.6 cm³/mol. The van der Waals surface area contributed by atoms with Crippen LogP contribution in [0.25, 0.3) is 4.96 Å². The molecule has 0 amide bonds. The van der Waals surface area contributed by atoms with Crippen LogP contribution < -0.4 is 10.3 Å². The highest BCUT2D eigenvalue weighted by Crippen LogP contribution is 2.13. The van der Waals surface area contributed by atoms with E-state index in [0.717, 1.165) is 17.0 Å². The average molecular weight is 373 g/mol. The van der Waals surface area contributed by atoms with Gasteiger partial charge < -0.3 is 9.47 Å². The summed E-state index contributed by atoms with van der Waals surface area (Å²) in [6.07, 6.45) is 0.856. The van der Waals surface area contributed by atoms with Crippen LogP contribution in [0.5, 0.6) is 5.75 Å². The molecule has 136 valence electrons. The van der Waals surface area contributed by atoms with E-state index in [-0.39, 0.29) is 25.2 Å². The predicted octanol–water partition coefficient (Wildman–Crippen LogP) is 2.53. The van der Waals surface area contributed by atoms with Crippen molar-refractivity contribution in [3.05, 3.63) is 57.0 Å². The number of esters is 1. The van der Waals surface area contributed by atoms with E-state index >= 15 is 0 Å². The minimum Gasteiger partial charge on any atom is -0.493 e. The zero-order valence-electron chi connectivity index (χ0n) is 14.6. The summed E-state index contributed by atoms with van der Waals surface area (Å²) in [6, 6.07) is 8.93. The standard InChI is InChI=1S/C18H19N3O4S/c1-3-15-20-21-16(22)10-13(19-18(21)26-15)11-25-17(23)8-9-24-14-6-4-12(2)5-7-14/h4-7,10H,3,8-9,11H2,1-2H3. The fourth-order valence-corrected chi connectivity index (χ4v) is 3.08. The molecule has 0 unspecified atom stereocenters. The zero-order valence-corrected chi connectivity index (χ0v) is 15.4. The van der Waals surface area contributed by atoms with E-state index in [9.17, 15) is 9.59 Å². The van der Waals surface area contributed by atoms with Crippen molar-refractivity contribution in [3.8, 4) is 5.75 Å². The van der Waals surface area contributed by atoms with Crippen LogP contribution in [0.15, 0.2) is 35.1 Å². The summed E-state index contributed by atoms with van der Waals surface area (Å²) in [5, 5.41) is 5.01. The number of aromatic nitrogens is 3. The molecule has 0 N–H and O–H groups in total. The first-order chi connectivity index (χ1) is 12.5. The molecule has 0 saturated carbocycles. The fraction of sp³-hybridized carbons (Fsp3) is 0.333. The number of rotatable bonds is 7. The van der Waals surface area contributed by atoms with Crippen LogP contribution in [0.2, 0.25) is 0 Å². The number of ether oxygens (including phenoxy) is 2. The molecular formula is C18H19N3O4S. The minimum atomic E-state index is -0.405. The van der Waals surface area contributed by atoms with Crippen molar-refractivity contribution in [1.82, 2.24) is 14.6 Å². The molecule has 3 rings (SSSR count). The Morgan fingerprint density at radius 3 is 2.77 bits per heavy atom. The van der Waals surface area contributed by atoms with Crippen molar-refractivity contribution in [2.75, 3.05) is 6.61 Å². The Morgan fingerprint density at radius 2 is 2.04 bits per heavy atom. The van der Waals surface area contributed by atoms with Gasteiger partial charge in [0.1, 0.15) is 17.4 Å². The van der Waals surface area contributed by atoms with Crippen molar-refractivity contribution < 1.29 is 14.3 Å². The van der Waals surface area contributed by atoms with Gasteiger partial charge in [0.05, 0.1) is 18.7 Å². The van der Waals surface area contributed by atoms with Crippen molar-refractivity contribution in [3.63, 3.8) is 0 Å². The van der Waals surface area contributed by atoms with E-state index in [2.05, 4.69) is 10.1 Å². The van der Waals surface area contributed by atoms with Crippen LogP contribution in [0.1, 0.15) is 29.6 Å². The highest BCUT2D eigenvalue weighted by molar-refractivity contribution is 7.16. The Morgan fingerprint density at radius 1 is 1.27 bits per heavy atom. The lowest BCUT2D eigenvalue weighted by Gasteiger charge is -2.07. The molecule has 0 aliphatic rings. The third-order valence-electron chi connectivity index (χ3n) is 3.62. The third kappa shape index (κ3) is 4.45. The van der Waals surface area contributed by atoms with Crippen molar-refractivity contribution >= 4 is 22.3 Å². The summed E-state index contributed by atoms with van der Waals surface area (Å²) < 4.78 is 11.9. The summed E-state index contributed by atoms with van der Waals surface area (Å²) in [6.45, 7) is 4.14. The zero-order chi connectivity index (χ0) is 18.5. The first kappa shape index (κ1) is 18.1. The van der Waals surface area contributed by atoms with Crippen molar-refractivity contribution in [2.45, 2.75) is 33.3 Å². The molecule has 3 aromatic rings. The Bertz CT molecular complexity index is 963. The summed E-state index contributed by atoms with van der Waals surface area (Å²) in [5.74, 6) is 0.304. The van der Waals surface area contributed by atoms with Crippen molar-refractivity contribution in [1.29, 1.82) is 0 Å². The monoisotopic (exact) mass is 373 g/mol. The molecule has 1 aromatic carbocycles. The van der Waals surface area contributed by atoms with Crippen molar-refractivity contribution in [2.24, 2.45) is 0 Å². The van der Waals surface area contributed by atoms with Gasteiger partial charge in [-0.25, -0.2) is 4.98 Å². The Labute approximate surface area is 154 Å². The van der Waals surface area contributed by atoms with Gasteiger partial charge in [0.25, 0.3) is 5.56 Å². The Kier molecular flexibility index (Phi) is 5.62. The molecule has 0 spiro atoms. The van der Waals surface area contributed by atoms with Gasteiger partial charge in [-0.1, -0.05) is 36.0 Å². The number of benzene rings is 1. The molecule has 0 fully saturated rings. The van der Waals surface area contributed by atoms with Crippen LogP contribution in [0.3, 0.4) is 0 Å². The maximum absolute atomic E-state index is 12.0. The molecule has 0 atom stereocenters. The number of nitrogens with zero attached hydrogens (tertiary/aromatic N) is 3. The molecule has 2 aromatic heterocycles. The maximum atomic E-state index is 12.0. The molecule has 7 nitrogen and oxygen atoms in total. The van der Waals surface area contributed by atoms with Gasteiger partial charge in [0.15, 0.2) is 0 Å². The van der Waals surface area contributed by atoms with Crippen LogP contribution >= 0.6 is 11.3 Å². The van der Waals surface area contributed by atoms with Gasteiger partial charge in [-0.2, -0.15) is 9.61 Å². The van der Waals surface area contributed by atoms with E-state index in [0.29, 0.717) is 16.4 Å². The normalized spacial score (nSPS) is 10.8. The SMILES string of the molecule is CCc1nn2c(=O)cc(COC(=O)CCOc3ccc(C)cc3)nc2s1. The van der Waals surface area contributed by atoms with Crippen LogP contribution in [-0.4, -0.2) is 27.2 Å². The molecule has 0 saturated heterocycles. The molecule has 0 bridgehead atoms. The first-order valence-corrected chi connectivity index (χ1v) is 9.10. The average Bonchev–Trinajstić information content (AvgIpc) is 3.05. The number of aryl methyl sites for hydroxylation is 2. The molecule has 0 radical (unpaired) electrons. The van der Waals surface area contributed by atoms with Gasteiger partial charge in [0, 0.05) is 6.07 Å². The topological polar surface area (TPSA) is 82.8 Å². The summed E-state index contributed by atoms with van der Waals surface area (Å²) >= 11 is 1.35. The fourth-order valence-electron chi connectivity index (χ4n) is 2.23. The van der Waals surface area contributed by atoms with Gasteiger partial charge >= 0.3 is 5.97 Å². The van der Waals surface area contributed by atoms with E-state index in [1.807, 2.05) is 38.1 Å². The van der Waals surface area contributed by atoms with Gasteiger partial charge in [-0.3, -0.25) is 9.59 Å². The second-order valence-corrected chi connectivity index (χ2v) is 6.74. The van der Waals surface area contributed by atoms with E-state index in [4.69, 9.17) is 9.47 Å². The molecule has 0 aliphatic heterocycles. The lowest BCUT2D eigenvalue weighted by atomic mass is 10.2. The van der Waals surface area contributed by atoms with Crippen LogP contribution in [0, 0.1) is 6.92 Å². The molecule has 26 heavy (non-hydrogen) atoms. The lowest BCUT2D eigenvalue weighted by Crippen LogP contribution is -2.17. The summed E-state index contributed by atoms with van der Waals surface area (Å²) in [5.41, 5.74) is 1.28. The van der Waals surface area contributed by atoms with E-state index in [1.165, 1.54) is 21.9 Å². The largest absolute Gasteiger partial charge is 0.493 e. The number of carbonyl (C=O) groups is 1. The quantitative estimate of drug-likeness (QED) is 0.592.